The van der Waals surface area contributed by atoms with E-state index in [1.165, 1.54) is 18.5 Å². The zero-order chi connectivity index (χ0) is 24.1. The van der Waals surface area contributed by atoms with Crippen LogP contribution in [0.5, 0.6) is 5.75 Å². The molecule has 3 N–H and O–H groups in total. The van der Waals surface area contributed by atoms with Gasteiger partial charge in [-0.05, 0) is 49.9 Å². The van der Waals surface area contributed by atoms with Crippen LogP contribution in [0.3, 0.4) is 0 Å². The first-order valence-corrected chi connectivity index (χ1v) is 10.8. The highest BCUT2D eigenvalue weighted by atomic mass is 19.1. The molecule has 3 aromatic heterocycles. The Morgan fingerprint density at radius 3 is 2.65 bits per heavy atom. The summed E-state index contributed by atoms with van der Waals surface area (Å²) in [4.78, 5) is 21.9. The quantitative estimate of drug-likeness (QED) is 0.418. The summed E-state index contributed by atoms with van der Waals surface area (Å²) in [5, 5.41) is 16.6. The standard InChI is InChI=1S/C25H23FN6O2/c1-13(2)32-18(8-15-6-4-5-14(3)20(15)25(32)34)11-31-24-21(23(27)28-12-29-24)22(30-31)16-7-17(26)10-19(33)9-16/h4-10,12-13,33H,11H2,1-3H3,(H2,27,28,29). The van der Waals surface area contributed by atoms with Crippen LogP contribution in [-0.4, -0.2) is 29.4 Å². The summed E-state index contributed by atoms with van der Waals surface area (Å²) in [5.41, 5.74) is 8.88. The molecule has 0 fully saturated rings. The molecule has 3 heterocycles. The van der Waals surface area contributed by atoms with Crippen molar-refractivity contribution in [3.63, 3.8) is 0 Å². The molecule has 0 aliphatic heterocycles. The van der Waals surface area contributed by atoms with E-state index in [4.69, 9.17) is 5.73 Å². The number of anilines is 1. The van der Waals surface area contributed by atoms with Crippen molar-refractivity contribution < 1.29 is 9.50 Å². The van der Waals surface area contributed by atoms with Crippen molar-refractivity contribution in [2.75, 3.05) is 5.73 Å². The molecule has 0 saturated heterocycles. The maximum Gasteiger partial charge on any atom is 0.259 e. The molecule has 9 heteroatoms. The molecule has 0 bridgehead atoms. The lowest BCUT2D eigenvalue weighted by Crippen LogP contribution is -2.27. The predicted octanol–water partition coefficient (Wildman–Crippen LogP) is 4.17. The number of phenols is 1. The fraction of sp³-hybridized carbons (Fsp3) is 0.200. The van der Waals surface area contributed by atoms with Gasteiger partial charge in [-0.3, -0.25) is 4.79 Å². The van der Waals surface area contributed by atoms with Gasteiger partial charge in [-0.2, -0.15) is 5.10 Å². The van der Waals surface area contributed by atoms with Gasteiger partial charge in [0, 0.05) is 23.4 Å². The molecule has 2 aromatic carbocycles. The highest BCUT2D eigenvalue weighted by Crippen LogP contribution is 2.33. The lowest BCUT2D eigenvalue weighted by molar-refractivity contribution is 0.469. The Labute approximate surface area is 194 Å². The first-order chi connectivity index (χ1) is 16.2. The number of rotatable bonds is 4. The summed E-state index contributed by atoms with van der Waals surface area (Å²) >= 11 is 0. The number of aryl methyl sites for hydroxylation is 1. The normalized spacial score (nSPS) is 11.7. The molecule has 0 aliphatic carbocycles. The van der Waals surface area contributed by atoms with Crippen molar-refractivity contribution in [2.45, 2.75) is 33.4 Å². The Morgan fingerprint density at radius 1 is 1.12 bits per heavy atom. The number of aromatic hydroxyl groups is 1. The molecule has 0 unspecified atom stereocenters. The topological polar surface area (TPSA) is 112 Å². The zero-order valence-corrected chi connectivity index (χ0v) is 19.0. The summed E-state index contributed by atoms with van der Waals surface area (Å²) in [6, 6.07) is 11.3. The van der Waals surface area contributed by atoms with Crippen LogP contribution >= 0.6 is 0 Å². The van der Waals surface area contributed by atoms with Gasteiger partial charge < -0.3 is 15.4 Å². The Hall–Kier alpha value is -4.27. The molecule has 0 atom stereocenters. The molecule has 172 valence electrons. The molecular formula is C25H23FN6O2. The van der Waals surface area contributed by atoms with E-state index in [2.05, 4.69) is 15.1 Å². The van der Waals surface area contributed by atoms with Gasteiger partial charge in [0.15, 0.2) is 5.65 Å². The summed E-state index contributed by atoms with van der Waals surface area (Å²) in [6.07, 6.45) is 1.34. The van der Waals surface area contributed by atoms with Crippen molar-refractivity contribution in [3.05, 3.63) is 76.2 Å². The van der Waals surface area contributed by atoms with Crippen LogP contribution < -0.4 is 11.3 Å². The lowest BCUT2D eigenvalue weighted by atomic mass is 10.1. The van der Waals surface area contributed by atoms with Crippen LogP contribution in [0.4, 0.5) is 10.2 Å². The first kappa shape index (κ1) is 21.6. The van der Waals surface area contributed by atoms with E-state index in [0.29, 0.717) is 27.7 Å². The number of pyridine rings is 1. The van der Waals surface area contributed by atoms with Crippen LogP contribution in [0.1, 0.15) is 31.1 Å². The number of nitrogen functional groups attached to an aromatic ring is 1. The average Bonchev–Trinajstić information content (AvgIpc) is 3.12. The zero-order valence-electron chi connectivity index (χ0n) is 19.0. The number of halogens is 1. The van der Waals surface area contributed by atoms with Crippen molar-refractivity contribution >= 4 is 27.6 Å². The van der Waals surface area contributed by atoms with E-state index in [1.807, 2.05) is 45.0 Å². The number of nitrogens with zero attached hydrogens (tertiary/aromatic N) is 5. The molecule has 0 amide bonds. The number of hydrogen-bond donors (Lipinski definition) is 2. The molecular weight excluding hydrogens is 435 g/mol. The third-order valence-corrected chi connectivity index (χ3v) is 5.91. The van der Waals surface area contributed by atoms with Crippen LogP contribution in [0, 0.1) is 12.7 Å². The monoisotopic (exact) mass is 458 g/mol. The summed E-state index contributed by atoms with van der Waals surface area (Å²) in [5.74, 6) is -0.649. The van der Waals surface area contributed by atoms with Gasteiger partial charge in [0.05, 0.1) is 17.3 Å². The SMILES string of the molecule is Cc1cccc2cc(Cn3nc(-c4cc(O)cc(F)c4)c4c(N)ncnc43)n(C(C)C)c(=O)c12. The molecule has 5 rings (SSSR count). The van der Waals surface area contributed by atoms with E-state index in [9.17, 15) is 14.3 Å². The van der Waals surface area contributed by atoms with Gasteiger partial charge in [0.25, 0.3) is 5.56 Å². The third kappa shape index (κ3) is 3.45. The highest BCUT2D eigenvalue weighted by molar-refractivity contribution is 5.98. The van der Waals surface area contributed by atoms with Crippen molar-refractivity contribution in [1.82, 2.24) is 24.3 Å². The van der Waals surface area contributed by atoms with Gasteiger partial charge >= 0.3 is 0 Å². The van der Waals surface area contributed by atoms with Crippen molar-refractivity contribution in [2.24, 2.45) is 0 Å². The van der Waals surface area contributed by atoms with Crippen LogP contribution in [0.2, 0.25) is 0 Å². The molecule has 8 nitrogen and oxygen atoms in total. The Balaban J connectivity index is 1.75. The maximum absolute atomic E-state index is 14.0. The van der Waals surface area contributed by atoms with E-state index in [-0.39, 0.29) is 29.7 Å². The molecule has 0 radical (unpaired) electrons. The number of hydrogen-bond acceptors (Lipinski definition) is 6. The number of nitrogens with two attached hydrogens (primary N) is 1. The van der Waals surface area contributed by atoms with Crippen LogP contribution in [0.25, 0.3) is 33.1 Å². The fourth-order valence-electron chi connectivity index (χ4n) is 4.50. The van der Waals surface area contributed by atoms with E-state index < -0.39 is 5.82 Å². The Kier molecular flexibility index (Phi) is 5.04. The largest absolute Gasteiger partial charge is 0.508 e. The van der Waals surface area contributed by atoms with Crippen LogP contribution in [-0.2, 0) is 6.54 Å². The predicted molar refractivity (Wildman–Crippen MR) is 129 cm³/mol. The smallest absolute Gasteiger partial charge is 0.259 e. The average molecular weight is 458 g/mol. The number of aromatic nitrogens is 5. The summed E-state index contributed by atoms with van der Waals surface area (Å²) in [6.45, 7) is 6.07. The second kappa shape index (κ2) is 7.95. The minimum Gasteiger partial charge on any atom is -0.508 e. The Morgan fingerprint density at radius 2 is 1.91 bits per heavy atom. The number of benzene rings is 2. The molecule has 5 aromatic rings. The van der Waals surface area contributed by atoms with Gasteiger partial charge in [0.1, 0.15) is 29.4 Å². The van der Waals surface area contributed by atoms with Crippen LogP contribution in [0.15, 0.2) is 53.6 Å². The Bertz CT molecular complexity index is 1620. The van der Waals surface area contributed by atoms with E-state index >= 15 is 0 Å². The lowest BCUT2D eigenvalue weighted by Gasteiger charge is -2.18. The third-order valence-electron chi connectivity index (χ3n) is 5.91. The second-order valence-corrected chi connectivity index (χ2v) is 8.61. The van der Waals surface area contributed by atoms with E-state index in [1.54, 1.807) is 9.25 Å². The second-order valence-electron chi connectivity index (χ2n) is 8.61. The minimum atomic E-state index is -0.605. The fourth-order valence-corrected chi connectivity index (χ4v) is 4.50. The molecule has 34 heavy (non-hydrogen) atoms. The van der Waals surface area contributed by atoms with Gasteiger partial charge in [-0.1, -0.05) is 18.2 Å². The number of fused-ring (bicyclic) bond motifs is 2. The van der Waals surface area contributed by atoms with Crippen molar-refractivity contribution in [1.29, 1.82) is 0 Å². The first-order valence-electron chi connectivity index (χ1n) is 10.8. The van der Waals surface area contributed by atoms with E-state index in [0.717, 1.165) is 22.7 Å². The number of phenolic OH excluding ortho intramolecular Hbond substituents is 1. The molecule has 0 saturated carbocycles. The highest BCUT2D eigenvalue weighted by Gasteiger charge is 2.20. The maximum atomic E-state index is 14.0. The minimum absolute atomic E-state index is 0.0681. The van der Waals surface area contributed by atoms with Gasteiger partial charge in [-0.15, -0.1) is 0 Å². The molecule has 0 spiro atoms. The van der Waals surface area contributed by atoms with Gasteiger partial charge in [0.2, 0.25) is 0 Å². The van der Waals surface area contributed by atoms with Crippen molar-refractivity contribution in [3.8, 4) is 17.0 Å². The summed E-state index contributed by atoms with van der Waals surface area (Å²) in [7, 11) is 0. The summed E-state index contributed by atoms with van der Waals surface area (Å²) < 4.78 is 17.4. The molecule has 0 aliphatic rings. The van der Waals surface area contributed by atoms with Gasteiger partial charge in [-0.25, -0.2) is 19.0 Å².